The van der Waals surface area contributed by atoms with E-state index in [4.69, 9.17) is 9.97 Å². The number of rotatable bonds is 4. The first-order valence-electron chi connectivity index (χ1n) is 17.7. The van der Waals surface area contributed by atoms with Gasteiger partial charge in [0, 0.05) is 22.1 Å². The lowest BCUT2D eigenvalue weighted by atomic mass is 9.82. The van der Waals surface area contributed by atoms with Gasteiger partial charge in [0.25, 0.3) is 0 Å². The van der Waals surface area contributed by atoms with Crippen molar-refractivity contribution in [3.63, 3.8) is 0 Å². The van der Waals surface area contributed by atoms with Crippen molar-refractivity contribution in [1.82, 2.24) is 9.97 Å². The van der Waals surface area contributed by atoms with Crippen LogP contribution < -0.4 is 0 Å². The van der Waals surface area contributed by atoms with Crippen molar-refractivity contribution in [3.05, 3.63) is 181 Å². The standard InChI is InChI=1S/C49H34N2/c1-49(2)43-23-12-11-20-38(43)41-28-34(25-27-44(41)49)33-24-26-37-35-18-9-10-19-36(35)39-21-13-22-40(47(39)42(37)29-33)46-30-45(31-14-5-3-6-15-31)50-48(51-46)32-16-7-4-8-17-32/h3-30H,1-2H3. The molecule has 2 heteroatoms. The zero-order valence-electron chi connectivity index (χ0n) is 28.6. The Balaban J connectivity index is 1.25. The molecular weight excluding hydrogens is 617 g/mol. The van der Waals surface area contributed by atoms with Crippen LogP contribution in [0.1, 0.15) is 25.0 Å². The summed E-state index contributed by atoms with van der Waals surface area (Å²) in [5.74, 6) is 0.719. The Bertz CT molecular complexity index is 2760. The molecule has 0 radical (unpaired) electrons. The molecule has 0 bridgehead atoms. The fourth-order valence-electron chi connectivity index (χ4n) is 8.36. The summed E-state index contributed by atoms with van der Waals surface area (Å²) in [7, 11) is 0. The molecule has 0 saturated carbocycles. The van der Waals surface area contributed by atoms with Gasteiger partial charge in [0.05, 0.1) is 11.4 Å². The molecule has 0 saturated heterocycles. The molecule has 0 unspecified atom stereocenters. The first-order valence-corrected chi connectivity index (χ1v) is 17.7. The highest BCUT2D eigenvalue weighted by molar-refractivity contribution is 6.28. The van der Waals surface area contributed by atoms with E-state index in [0.29, 0.717) is 0 Å². The van der Waals surface area contributed by atoms with Gasteiger partial charge in [0.1, 0.15) is 0 Å². The van der Waals surface area contributed by atoms with Gasteiger partial charge in [-0.05, 0) is 83.9 Å². The van der Waals surface area contributed by atoms with Crippen LogP contribution in [0.3, 0.4) is 0 Å². The van der Waals surface area contributed by atoms with Crippen LogP contribution in [0, 0.1) is 0 Å². The monoisotopic (exact) mass is 650 g/mol. The van der Waals surface area contributed by atoms with Crippen LogP contribution in [0.15, 0.2) is 170 Å². The highest BCUT2D eigenvalue weighted by Gasteiger charge is 2.35. The molecule has 1 aromatic heterocycles. The zero-order valence-corrected chi connectivity index (χ0v) is 28.6. The van der Waals surface area contributed by atoms with Crippen LogP contribution in [0.2, 0.25) is 0 Å². The lowest BCUT2D eigenvalue weighted by molar-refractivity contribution is 0.660. The minimum atomic E-state index is -0.0212. The van der Waals surface area contributed by atoms with Gasteiger partial charge in [-0.25, -0.2) is 9.97 Å². The molecule has 0 atom stereocenters. The first-order chi connectivity index (χ1) is 25.0. The Morgan fingerprint density at radius 3 is 1.73 bits per heavy atom. The number of benzene rings is 8. The van der Waals surface area contributed by atoms with Crippen LogP contribution in [-0.4, -0.2) is 9.97 Å². The molecule has 240 valence electrons. The Morgan fingerprint density at radius 2 is 0.922 bits per heavy atom. The van der Waals surface area contributed by atoms with Crippen LogP contribution >= 0.6 is 0 Å². The van der Waals surface area contributed by atoms with Crippen molar-refractivity contribution in [3.8, 4) is 56.2 Å². The maximum Gasteiger partial charge on any atom is 0.160 e. The topological polar surface area (TPSA) is 25.8 Å². The summed E-state index contributed by atoms with van der Waals surface area (Å²) < 4.78 is 0. The fourth-order valence-corrected chi connectivity index (χ4v) is 8.36. The second-order valence-electron chi connectivity index (χ2n) is 14.2. The van der Waals surface area contributed by atoms with Crippen molar-refractivity contribution < 1.29 is 0 Å². The van der Waals surface area contributed by atoms with Gasteiger partial charge < -0.3 is 0 Å². The maximum absolute atomic E-state index is 5.28. The number of hydrogen-bond donors (Lipinski definition) is 0. The second-order valence-corrected chi connectivity index (χ2v) is 14.2. The SMILES string of the molecule is CC1(C)c2ccccc2-c2cc(-c3ccc4c5ccccc5c5cccc(-c6cc(-c7ccccc7)nc(-c7ccccc7)n6)c5c4c3)ccc21. The minimum absolute atomic E-state index is 0.0212. The molecule has 8 aromatic carbocycles. The van der Waals surface area contributed by atoms with E-state index in [9.17, 15) is 0 Å². The van der Waals surface area contributed by atoms with Crippen LogP contribution in [-0.2, 0) is 5.41 Å². The highest BCUT2D eigenvalue weighted by Crippen LogP contribution is 2.50. The summed E-state index contributed by atoms with van der Waals surface area (Å²) in [6.07, 6.45) is 0. The molecule has 10 rings (SSSR count). The van der Waals surface area contributed by atoms with Gasteiger partial charge in [-0.15, -0.1) is 0 Å². The van der Waals surface area contributed by atoms with Crippen LogP contribution in [0.5, 0.6) is 0 Å². The van der Waals surface area contributed by atoms with E-state index in [1.54, 1.807) is 0 Å². The van der Waals surface area contributed by atoms with Crippen molar-refractivity contribution in [2.75, 3.05) is 0 Å². The zero-order chi connectivity index (χ0) is 34.1. The Morgan fingerprint density at radius 1 is 0.353 bits per heavy atom. The summed E-state index contributed by atoms with van der Waals surface area (Å²) in [6.45, 7) is 4.68. The average Bonchev–Trinajstić information content (AvgIpc) is 3.43. The molecule has 0 aliphatic heterocycles. The van der Waals surface area contributed by atoms with E-state index >= 15 is 0 Å². The fraction of sp³-hybridized carbons (Fsp3) is 0.0612. The molecule has 0 spiro atoms. The van der Waals surface area contributed by atoms with Crippen molar-refractivity contribution in [2.24, 2.45) is 0 Å². The molecule has 0 N–H and O–H groups in total. The molecule has 1 aliphatic carbocycles. The second kappa shape index (κ2) is 11.3. The third-order valence-electron chi connectivity index (χ3n) is 10.9. The maximum atomic E-state index is 5.28. The van der Waals surface area contributed by atoms with Gasteiger partial charge in [0.15, 0.2) is 5.82 Å². The lowest BCUT2D eigenvalue weighted by Gasteiger charge is -2.21. The third-order valence-corrected chi connectivity index (χ3v) is 10.9. The van der Waals surface area contributed by atoms with E-state index in [1.165, 1.54) is 65.7 Å². The van der Waals surface area contributed by atoms with Gasteiger partial charge in [-0.1, -0.05) is 166 Å². The predicted molar refractivity (Wildman–Crippen MR) is 214 cm³/mol. The molecule has 51 heavy (non-hydrogen) atoms. The molecule has 1 aliphatic rings. The van der Waals surface area contributed by atoms with E-state index in [1.807, 2.05) is 24.3 Å². The number of hydrogen-bond acceptors (Lipinski definition) is 2. The lowest BCUT2D eigenvalue weighted by Crippen LogP contribution is -2.14. The van der Waals surface area contributed by atoms with Gasteiger partial charge in [0.2, 0.25) is 0 Å². The van der Waals surface area contributed by atoms with E-state index in [0.717, 1.165) is 33.9 Å². The number of fused-ring (bicyclic) bond motifs is 9. The smallest absolute Gasteiger partial charge is 0.160 e. The van der Waals surface area contributed by atoms with Crippen molar-refractivity contribution >= 4 is 32.3 Å². The normalized spacial score (nSPS) is 13.1. The van der Waals surface area contributed by atoms with E-state index < -0.39 is 0 Å². The Kier molecular flexibility index (Phi) is 6.56. The molecule has 0 fully saturated rings. The molecule has 2 nitrogen and oxygen atoms in total. The highest BCUT2D eigenvalue weighted by atomic mass is 14.9. The van der Waals surface area contributed by atoms with Gasteiger partial charge in [-0.2, -0.15) is 0 Å². The largest absolute Gasteiger partial charge is 0.228 e. The summed E-state index contributed by atoms with van der Waals surface area (Å²) >= 11 is 0. The minimum Gasteiger partial charge on any atom is -0.228 e. The van der Waals surface area contributed by atoms with Gasteiger partial charge >= 0.3 is 0 Å². The molecule has 9 aromatic rings. The van der Waals surface area contributed by atoms with Crippen LogP contribution in [0.4, 0.5) is 0 Å². The average molecular weight is 651 g/mol. The van der Waals surface area contributed by atoms with E-state index in [-0.39, 0.29) is 5.41 Å². The first kappa shape index (κ1) is 29.5. The summed E-state index contributed by atoms with van der Waals surface area (Å²) in [5, 5.41) is 7.38. The summed E-state index contributed by atoms with van der Waals surface area (Å²) in [4.78, 5) is 10.4. The molecule has 0 amide bonds. The Hall–Kier alpha value is -6.38. The van der Waals surface area contributed by atoms with Gasteiger partial charge in [-0.3, -0.25) is 0 Å². The van der Waals surface area contributed by atoms with Crippen LogP contribution in [0.25, 0.3) is 88.5 Å². The molecular formula is C49H34N2. The quantitative estimate of drug-likeness (QED) is 0.177. The molecule has 1 heterocycles. The Labute approximate surface area is 297 Å². The third kappa shape index (κ3) is 4.64. The van der Waals surface area contributed by atoms with Crippen molar-refractivity contribution in [1.29, 1.82) is 0 Å². The number of aromatic nitrogens is 2. The van der Waals surface area contributed by atoms with E-state index in [2.05, 4.69) is 159 Å². The summed E-state index contributed by atoms with van der Waals surface area (Å²) in [6, 6.07) is 61.3. The summed E-state index contributed by atoms with van der Waals surface area (Å²) in [5.41, 5.74) is 12.8. The van der Waals surface area contributed by atoms with Crippen molar-refractivity contribution in [2.45, 2.75) is 19.3 Å². The number of nitrogens with zero attached hydrogens (tertiary/aromatic N) is 2. The predicted octanol–water partition coefficient (Wildman–Crippen LogP) is 12.9.